The minimum atomic E-state index is -0.510. The van der Waals surface area contributed by atoms with Crippen LogP contribution in [-0.2, 0) is 9.53 Å². The Labute approximate surface area is 99.5 Å². The van der Waals surface area contributed by atoms with Crippen molar-refractivity contribution in [2.75, 3.05) is 18.5 Å². The van der Waals surface area contributed by atoms with Crippen molar-refractivity contribution < 1.29 is 14.3 Å². The summed E-state index contributed by atoms with van der Waals surface area (Å²) in [7, 11) is 0. The van der Waals surface area contributed by atoms with Crippen LogP contribution in [0.25, 0.3) is 0 Å². The van der Waals surface area contributed by atoms with Crippen molar-refractivity contribution in [3.8, 4) is 0 Å². The number of hydrogen-bond donors (Lipinski definition) is 1. The van der Waals surface area contributed by atoms with Crippen molar-refractivity contribution in [2.24, 2.45) is 4.99 Å². The number of carbonyl (C=O) groups excluding carboxylic acids is 2. The molecule has 90 valence electrons. The van der Waals surface area contributed by atoms with Crippen molar-refractivity contribution in [1.82, 2.24) is 0 Å². The summed E-state index contributed by atoms with van der Waals surface area (Å²) in [6, 6.07) is 7.39. The van der Waals surface area contributed by atoms with Crippen LogP contribution in [0.15, 0.2) is 29.3 Å². The predicted octanol–water partition coefficient (Wildman–Crippen LogP) is 2.27. The van der Waals surface area contributed by atoms with Crippen molar-refractivity contribution >= 4 is 17.9 Å². The summed E-state index contributed by atoms with van der Waals surface area (Å²) in [4.78, 5) is 24.4. The molecule has 5 heteroatoms. The van der Waals surface area contributed by atoms with Gasteiger partial charge in [0.05, 0.1) is 13.2 Å². The number of aliphatic imine (C=N–C) groups is 1. The van der Waals surface area contributed by atoms with Crippen LogP contribution in [0, 0.1) is 6.92 Å². The van der Waals surface area contributed by atoms with E-state index in [1.54, 1.807) is 12.1 Å². The second kappa shape index (κ2) is 7.19. The van der Waals surface area contributed by atoms with Gasteiger partial charge in [-0.2, -0.15) is 0 Å². The molecule has 5 nitrogen and oxygen atoms in total. The first-order valence-electron chi connectivity index (χ1n) is 5.26. The molecule has 0 aromatic heterocycles. The number of hydrogen-bond acceptors (Lipinski definition) is 4. The van der Waals surface area contributed by atoms with E-state index < -0.39 is 6.09 Å². The Bertz CT molecular complexity index is 408. The van der Waals surface area contributed by atoms with Gasteiger partial charge < -0.3 is 4.74 Å². The van der Waals surface area contributed by atoms with Gasteiger partial charge in [0, 0.05) is 12.1 Å². The number of nitrogens with zero attached hydrogens (tertiary/aromatic N) is 1. The standard InChI is InChI=1S/C12H14N2O3/c1-10-3-5-11(6-4-10)14-12(16)17-8-2-7-13-9-15/h3-6H,2,7-8H2,1H3,(H,14,16). The van der Waals surface area contributed by atoms with E-state index in [0.29, 0.717) is 18.7 Å². The number of nitrogens with one attached hydrogen (secondary N) is 1. The second-order valence-electron chi connectivity index (χ2n) is 3.45. The topological polar surface area (TPSA) is 67.8 Å². The van der Waals surface area contributed by atoms with Crippen molar-refractivity contribution in [1.29, 1.82) is 0 Å². The van der Waals surface area contributed by atoms with Gasteiger partial charge in [0.2, 0.25) is 6.08 Å². The average molecular weight is 234 g/mol. The Morgan fingerprint density at radius 2 is 2.12 bits per heavy atom. The molecule has 0 aliphatic heterocycles. The smallest absolute Gasteiger partial charge is 0.411 e. The Morgan fingerprint density at radius 1 is 1.41 bits per heavy atom. The molecule has 0 atom stereocenters. The van der Waals surface area contributed by atoms with Crippen LogP contribution < -0.4 is 5.32 Å². The minimum Gasteiger partial charge on any atom is -0.449 e. The lowest BCUT2D eigenvalue weighted by Gasteiger charge is -2.06. The summed E-state index contributed by atoms with van der Waals surface area (Å²) in [5.74, 6) is 0. The van der Waals surface area contributed by atoms with E-state index in [4.69, 9.17) is 4.74 Å². The number of rotatable bonds is 5. The number of aryl methyl sites for hydroxylation is 1. The summed E-state index contributed by atoms with van der Waals surface area (Å²) < 4.78 is 4.88. The molecule has 0 aliphatic carbocycles. The highest BCUT2D eigenvalue weighted by Crippen LogP contribution is 2.08. The maximum atomic E-state index is 11.3. The summed E-state index contributed by atoms with van der Waals surface area (Å²) in [6.07, 6.45) is 1.42. The number of carbonyl (C=O) groups is 1. The normalized spacial score (nSPS) is 9.24. The molecule has 0 spiro atoms. The zero-order chi connectivity index (χ0) is 12.5. The maximum Gasteiger partial charge on any atom is 0.411 e. The van der Waals surface area contributed by atoms with E-state index >= 15 is 0 Å². The minimum absolute atomic E-state index is 0.225. The molecule has 1 rings (SSSR count). The zero-order valence-corrected chi connectivity index (χ0v) is 9.60. The van der Waals surface area contributed by atoms with Gasteiger partial charge in [-0.3, -0.25) is 5.32 Å². The molecule has 1 aromatic rings. The van der Waals surface area contributed by atoms with Crippen LogP contribution in [0.1, 0.15) is 12.0 Å². The van der Waals surface area contributed by atoms with Crippen LogP contribution >= 0.6 is 0 Å². The van der Waals surface area contributed by atoms with Crippen molar-refractivity contribution in [3.63, 3.8) is 0 Å². The van der Waals surface area contributed by atoms with Gasteiger partial charge in [-0.25, -0.2) is 14.6 Å². The molecular formula is C12H14N2O3. The zero-order valence-electron chi connectivity index (χ0n) is 9.60. The monoisotopic (exact) mass is 234 g/mol. The largest absolute Gasteiger partial charge is 0.449 e. The van der Waals surface area contributed by atoms with Gasteiger partial charge in [0.25, 0.3) is 0 Å². The van der Waals surface area contributed by atoms with E-state index in [-0.39, 0.29) is 6.61 Å². The molecule has 17 heavy (non-hydrogen) atoms. The van der Waals surface area contributed by atoms with Crippen molar-refractivity contribution in [3.05, 3.63) is 29.8 Å². The van der Waals surface area contributed by atoms with E-state index in [1.807, 2.05) is 19.1 Å². The Balaban J connectivity index is 2.25. The number of anilines is 1. The third-order valence-corrected chi connectivity index (χ3v) is 2.01. The fourth-order valence-corrected chi connectivity index (χ4v) is 1.14. The molecule has 1 N–H and O–H groups in total. The lowest BCUT2D eigenvalue weighted by molar-refractivity contribution is 0.161. The van der Waals surface area contributed by atoms with E-state index in [1.165, 1.54) is 6.08 Å². The number of benzene rings is 1. The fourth-order valence-electron chi connectivity index (χ4n) is 1.14. The number of amides is 1. The quantitative estimate of drug-likeness (QED) is 0.482. The van der Waals surface area contributed by atoms with Crippen LogP contribution in [-0.4, -0.2) is 25.3 Å². The molecule has 0 heterocycles. The van der Waals surface area contributed by atoms with Gasteiger partial charge in [0.15, 0.2) is 0 Å². The average Bonchev–Trinajstić information content (AvgIpc) is 2.32. The van der Waals surface area contributed by atoms with Crippen LogP contribution in [0.2, 0.25) is 0 Å². The molecule has 0 saturated carbocycles. The Hall–Kier alpha value is -2.13. The maximum absolute atomic E-state index is 11.3. The Kier molecular flexibility index (Phi) is 5.47. The summed E-state index contributed by atoms with van der Waals surface area (Å²) in [5.41, 5.74) is 1.81. The van der Waals surface area contributed by atoms with Gasteiger partial charge in [0.1, 0.15) is 0 Å². The highest BCUT2D eigenvalue weighted by molar-refractivity contribution is 5.84. The molecule has 0 saturated heterocycles. The fraction of sp³-hybridized carbons (Fsp3) is 0.333. The third kappa shape index (κ3) is 5.49. The molecule has 0 unspecified atom stereocenters. The highest BCUT2D eigenvalue weighted by atomic mass is 16.5. The first-order chi connectivity index (χ1) is 8.22. The molecule has 1 aromatic carbocycles. The number of ether oxygens (including phenoxy) is 1. The van der Waals surface area contributed by atoms with Crippen molar-refractivity contribution in [2.45, 2.75) is 13.3 Å². The van der Waals surface area contributed by atoms with Gasteiger partial charge in [-0.1, -0.05) is 17.7 Å². The summed E-state index contributed by atoms with van der Waals surface area (Å²) >= 11 is 0. The van der Waals surface area contributed by atoms with Crippen LogP contribution in [0.5, 0.6) is 0 Å². The number of isocyanates is 1. The Morgan fingerprint density at radius 3 is 2.76 bits per heavy atom. The highest BCUT2D eigenvalue weighted by Gasteiger charge is 2.01. The first kappa shape index (κ1) is 12.9. The molecule has 0 fully saturated rings. The molecule has 1 amide bonds. The van der Waals surface area contributed by atoms with E-state index in [0.717, 1.165) is 5.56 Å². The second-order valence-corrected chi connectivity index (χ2v) is 3.45. The SMILES string of the molecule is Cc1ccc(NC(=O)OCCCN=C=O)cc1. The molecule has 0 bridgehead atoms. The third-order valence-electron chi connectivity index (χ3n) is 2.01. The predicted molar refractivity (Wildman–Crippen MR) is 63.8 cm³/mol. The van der Waals surface area contributed by atoms with E-state index in [2.05, 4.69) is 10.3 Å². The van der Waals surface area contributed by atoms with Crippen LogP contribution in [0.4, 0.5) is 10.5 Å². The van der Waals surface area contributed by atoms with Gasteiger partial charge >= 0.3 is 6.09 Å². The summed E-state index contributed by atoms with van der Waals surface area (Å²) in [6.45, 7) is 2.51. The van der Waals surface area contributed by atoms with Gasteiger partial charge in [-0.05, 0) is 19.1 Å². The first-order valence-corrected chi connectivity index (χ1v) is 5.26. The van der Waals surface area contributed by atoms with E-state index in [9.17, 15) is 9.59 Å². The lowest BCUT2D eigenvalue weighted by atomic mass is 10.2. The van der Waals surface area contributed by atoms with Crippen LogP contribution in [0.3, 0.4) is 0 Å². The molecular weight excluding hydrogens is 220 g/mol. The summed E-state index contributed by atoms with van der Waals surface area (Å²) in [5, 5.41) is 2.59. The molecule has 0 aliphatic rings. The van der Waals surface area contributed by atoms with Gasteiger partial charge in [-0.15, -0.1) is 0 Å². The lowest BCUT2D eigenvalue weighted by Crippen LogP contribution is -2.14. The molecule has 0 radical (unpaired) electrons.